The van der Waals surface area contributed by atoms with Crippen LogP contribution in [0.5, 0.6) is 0 Å². The van der Waals surface area contributed by atoms with Gasteiger partial charge in [-0.1, -0.05) is 6.07 Å². The zero-order valence-electron chi connectivity index (χ0n) is 10.4. The van der Waals surface area contributed by atoms with Crippen LogP contribution in [0.4, 0.5) is 0 Å². The van der Waals surface area contributed by atoms with Crippen molar-refractivity contribution < 1.29 is 9.90 Å². The van der Waals surface area contributed by atoms with E-state index in [4.69, 9.17) is 5.11 Å². The Morgan fingerprint density at radius 1 is 1.42 bits per heavy atom. The third-order valence-corrected chi connectivity index (χ3v) is 3.35. The van der Waals surface area contributed by atoms with Crippen molar-refractivity contribution in [3.05, 3.63) is 35.5 Å². The van der Waals surface area contributed by atoms with Gasteiger partial charge in [0, 0.05) is 24.7 Å². The van der Waals surface area contributed by atoms with Gasteiger partial charge < -0.3 is 10.4 Å². The first-order valence-electron chi connectivity index (χ1n) is 6.03. The van der Waals surface area contributed by atoms with Gasteiger partial charge in [-0.2, -0.15) is 0 Å². The van der Waals surface area contributed by atoms with Gasteiger partial charge in [-0.25, -0.2) is 4.98 Å². The molecule has 0 radical (unpaired) electrons. The molecule has 0 aliphatic carbocycles. The van der Waals surface area contributed by atoms with Gasteiger partial charge in [-0.15, -0.1) is 11.3 Å². The van der Waals surface area contributed by atoms with Crippen molar-refractivity contribution in [1.29, 1.82) is 0 Å². The fraction of sp³-hybridized carbons (Fsp3) is 0.308. The fourth-order valence-electron chi connectivity index (χ4n) is 1.53. The number of hydrogen-bond acceptors (Lipinski definition) is 5. The number of aliphatic hydroxyl groups is 1. The summed E-state index contributed by atoms with van der Waals surface area (Å²) in [4.78, 5) is 20.2. The molecular formula is C13H15N3O2S. The lowest BCUT2D eigenvalue weighted by molar-refractivity contribution is -0.120. The van der Waals surface area contributed by atoms with E-state index in [9.17, 15) is 4.79 Å². The zero-order chi connectivity index (χ0) is 13.5. The molecule has 0 aromatic carbocycles. The normalized spacial score (nSPS) is 10.4. The molecule has 0 aliphatic rings. The molecule has 19 heavy (non-hydrogen) atoms. The van der Waals surface area contributed by atoms with E-state index in [1.165, 1.54) is 11.3 Å². The number of nitrogens with one attached hydrogen (secondary N) is 1. The maximum atomic E-state index is 11.6. The smallest absolute Gasteiger partial charge is 0.226 e. The second kappa shape index (κ2) is 6.96. The lowest BCUT2D eigenvalue weighted by atomic mass is 10.3. The molecule has 0 bridgehead atoms. The van der Waals surface area contributed by atoms with Gasteiger partial charge in [0.05, 0.1) is 17.8 Å². The number of aromatic nitrogens is 2. The molecule has 6 heteroatoms. The first-order chi connectivity index (χ1) is 9.29. The van der Waals surface area contributed by atoms with Crippen LogP contribution in [0.2, 0.25) is 0 Å². The maximum Gasteiger partial charge on any atom is 0.226 e. The largest absolute Gasteiger partial charge is 0.396 e. The third kappa shape index (κ3) is 4.11. The zero-order valence-corrected chi connectivity index (χ0v) is 11.2. The molecule has 2 aromatic rings. The van der Waals surface area contributed by atoms with E-state index in [0.29, 0.717) is 13.0 Å². The van der Waals surface area contributed by atoms with Gasteiger partial charge in [0.1, 0.15) is 5.01 Å². The second-order valence-electron chi connectivity index (χ2n) is 3.96. The maximum absolute atomic E-state index is 11.6. The predicted molar refractivity (Wildman–Crippen MR) is 73.8 cm³/mol. The summed E-state index contributed by atoms with van der Waals surface area (Å²) in [7, 11) is 0. The van der Waals surface area contributed by atoms with Gasteiger partial charge in [0.15, 0.2) is 0 Å². The molecular weight excluding hydrogens is 262 g/mol. The molecule has 0 aliphatic heterocycles. The van der Waals surface area contributed by atoms with E-state index < -0.39 is 0 Å². The van der Waals surface area contributed by atoms with Crippen molar-refractivity contribution in [2.75, 3.05) is 13.2 Å². The highest BCUT2D eigenvalue weighted by Crippen LogP contribution is 2.21. The van der Waals surface area contributed by atoms with Crippen molar-refractivity contribution >= 4 is 17.2 Å². The number of rotatable bonds is 6. The van der Waals surface area contributed by atoms with E-state index in [1.54, 1.807) is 6.20 Å². The van der Waals surface area contributed by atoms with Crippen LogP contribution in [0.15, 0.2) is 29.8 Å². The van der Waals surface area contributed by atoms with Crippen LogP contribution in [0.3, 0.4) is 0 Å². The number of carbonyl (C=O) groups is 1. The average molecular weight is 277 g/mol. The number of carbonyl (C=O) groups excluding carboxylic acids is 1. The molecule has 1 amide bonds. The van der Waals surface area contributed by atoms with Crippen molar-refractivity contribution in [1.82, 2.24) is 15.3 Å². The minimum atomic E-state index is -0.0775. The topological polar surface area (TPSA) is 75.1 Å². The Bertz CT molecular complexity index is 528. The number of nitrogens with zero attached hydrogens (tertiary/aromatic N) is 2. The van der Waals surface area contributed by atoms with Crippen LogP contribution in [-0.2, 0) is 11.2 Å². The van der Waals surface area contributed by atoms with E-state index in [1.807, 2.05) is 23.6 Å². The number of aliphatic hydroxyl groups excluding tert-OH is 1. The molecule has 100 valence electrons. The summed E-state index contributed by atoms with van der Waals surface area (Å²) < 4.78 is 0. The highest BCUT2D eigenvalue weighted by molar-refractivity contribution is 7.13. The molecule has 0 fully saturated rings. The average Bonchev–Trinajstić information content (AvgIpc) is 2.88. The van der Waals surface area contributed by atoms with E-state index in [2.05, 4.69) is 15.3 Å². The Morgan fingerprint density at radius 3 is 3.05 bits per heavy atom. The minimum absolute atomic E-state index is 0.0775. The number of amides is 1. The fourth-order valence-corrected chi connectivity index (χ4v) is 2.32. The number of pyridine rings is 1. The molecule has 2 heterocycles. The molecule has 0 spiro atoms. The minimum Gasteiger partial charge on any atom is -0.396 e. The van der Waals surface area contributed by atoms with Crippen molar-refractivity contribution in [3.63, 3.8) is 0 Å². The Balaban J connectivity index is 1.93. The van der Waals surface area contributed by atoms with Crippen molar-refractivity contribution in [3.8, 4) is 10.7 Å². The van der Waals surface area contributed by atoms with Crippen molar-refractivity contribution in [2.24, 2.45) is 0 Å². The monoisotopic (exact) mass is 277 g/mol. The molecule has 0 saturated heterocycles. The standard InChI is InChI=1S/C13H15N3O2S/c17-7-3-6-15-12(18)8-10-9-19-13(16-10)11-4-1-2-5-14-11/h1-2,4-5,9,17H,3,6-8H2,(H,15,18). The summed E-state index contributed by atoms with van der Waals surface area (Å²) in [5.74, 6) is -0.0775. The van der Waals surface area contributed by atoms with Crippen LogP contribution in [0, 0.1) is 0 Å². The molecule has 0 atom stereocenters. The van der Waals surface area contributed by atoms with Crippen LogP contribution in [0.25, 0.3) is 10.7 Å². The van der Waals surface area contributed by atoms with Crippen LogP contribution >= 0.6 is 11.3 Å². The van der Waals surface area contributed by atoms with Gasteiger partial charge in [0.2, 0.25) is 5.91 Å². The Morgan fingerprint density at radius 2 is 2.32 bits per heavy atom. The highest BCUT2D eigenvalue weighted by Gasteiger charge is 2.09. The van der Waals surface area contributed by atoms with Gasteiger partial charge >= 0.3 is 0 Å². The quantitative estimate of drug-likeness (QED) is 0.779. The first kappa shape index (κ1) is 13.6. The molecule has 2 rings (SSSR count). The molecule has 0 unspecified atom stereocenters. The van der Waals surface area contributed by atoms with E-state index >= 15 is 0 Å². The van der Waals surface area contributed by atoms with E-state index in [0.717, 1.165) is 16.4 Å². The lowest BCUT2D eigenvalue weighted by Crippen LogP contribution is -2.26. The van der Waals surface area contributed by atoms with E-state index in [-0.39, 0.29) is 18.9 Å². The lowest BCUT2D eigenvalue weighted by Gasteiger charge is -2.01. The van der Waals surface area contributed by atoms with Crippen LogP contribution < -0.4 is 5.32 Å². The number of hydrogen-bond donors (Lipinski definition) is 2. The Kier molecular flexibility index (Phi) is 5.00. The second-order valence-corrected chi connectivity index (χ2v) is 4.82. The summed E-state index contributed by atoms with van der Waals surface area (Å²) in [6.07, 6.45) is 2.55. The molecule has 2 aromatic heterocycles. The summed E-state index contributed by atoms with van der Waals surface area (Å²) in [6.45, 7) is 0.577. The Hall–Kier alpha value is -1.79. The third-order valence-electron chi connectivity index (χ3n) is 2.43. The molecule has 2 N–H and O–H groups in total. The van der Waals surface area contributed by atoms with Crippen LogP contribution in [-0.4, -0.2) is 34.1 Å². The summed E-state index contributed by atoms with van der Waals surface area (Å²) in [6, 6.07) is 5.65. The number of thiazole rings is 1. The van der Waals surface area contributed by atoms with Gasteiger partial charge in [-0.05, 0) is 18.6 Å². The summed E-state index contributed by atoms with van der Waals surface area (Å²) in [5.41, 5.74) is 1.56. The first-order valence-corrected chi connectivity index (χ1v) is 6.91. The molecule has 5 nitrogen and oxygen atoms in total. The Labute approximate surface area is 115 Å². The predicted octanol–water partition coefficient (Wildman–Crippen LogP) is 1.25. The van der Waals surface area contributed by atoms with Crippen LogP contribution in [0.1, 0.15) is 12.1 Å². The molecule has 0 saturated carbocycles. The summed E-state index contributed by atoms with van der Waals surface area (Å²) >= 11 is 1.48. The van der Waals surface area contributed by atoms with Gasteiger partial charge in [0.25, 0.3) is 0 Å². The van der Waals surface area contributed by atoms with Gasteiger partial charge in [-0.3, -0.25) is 9.78 Å². The highest BCUT2D eigenvalue weighted by atomic mass is 32.1. The van der Waals surface area contributed by atoms with Crippen molar-refractivity contribution in [2.45, 2.75) is 12.8 Å². The summed E-state index contributed by atoms with van der Waals surface area (Å²) in [5, 5.41) is 14.0. The SMILES string of the molecule is O=C(Cc1csc(-c2ccccn2)n1)NCCCO.